The normalized spacial score (nSPS) is 20.0. The van der Waals surface area contributed by atoms with Crippen LogP contribution in [0, 0.1) is 5.41 Å². The van der Waals surface area contributed by atoms with E-state index < -0.39 is 0 Å². The third-order valence-corrected chi connectivity index (χ3v) is 4.62. The van der Waals surface area contributed by atoms with Gasteiger partial charge in [0.25, 0.3) is 0 Å². The van der Waals surface area contributed by atoms with Crippen LogP contribution in [0.2, 0.25) is 5.02 Å². The van der Waals surface area contributed by atoms with Crippen LogP contribution in [0.15, 0.2) is 22.7 Å². The summed E-state index contributed by atoms with van der Waals surface area (Å²) in [6.07, 6.45) is 5.25. The van der Waals surface area contributed by atoms with Gasteiger partial charge in [0.2, 0.25) is 0 Å². The molecule has 1 fully saturated rings. The number of ether oxygens (including phenoxy) is 1. The molecule has 0 saturated heterocycles. The number of rotatable bonds is 3. The number of hydrogen-bond acceptors (Lipinski definition) is 1. The quantitative estimate of drug-likeness (QED) is 0.701. The molecule has 100 valence electrons. The molecule has 0 heterocycles. The molecule has 0 spiro atoms. The molecule has 0 atom stereocenters. The first-order valence-corrected chi connectivity index (χ1v) is 7.69. The summed E-state index contributed by atoms with van der Waals surface area (Å²) in [7, 11) is 0. The lowest BCUT2D eigenvalue weighted by Crippen LogP contribution is -2.26. The lowest BCUT2D eigenvalue weighted by molar-refractivity contribution is -0.00555. The molecule has 0 amide bonds. The van der Waals surface area contributed by atoms with E-state index in [4.69, 9.17) is 16.3 Å². The van der Waals surface area contributed by atoms with E-state index >= 15 is 0 Å². The minimum atomic E-state index is 0.401. The molecular weight excluding hydrogens is 312 g/mol. The van der Waals surface area contributed by atoms with E-state index in [0.29, 0.717) is 18.1 Å². The summed E-state index contributed by atoms with van der Waals surface area (Å²) in [6.45, 7) is 5.31. The third kappa shape index (κ3) is 3.97. The van der Waals surface area contributed by atoms with Crippen molar-refractivity contribution in [1.82, 2.24) is 0 Å². The Labute approximate surface area is 123 Å². The first-order valence-electron chi connectivity index (χ1n) is 6.52. The molecule has 0 aromatic heterocycles. The average molecular weight is 332 g/mol. The van der Waals surface area contributed by atoms with Crippen molar-refractivity contribution in [1.29, 1.82) is 0 Å². The van der Waals surface area contributed by atoms with Crippen LogP contribution in [0.4, 0.5) is 0 Å². The van der Waals surface area contributed by atoms with Crippen molar-refractivity contribution in [3.05, 3.63) is 33.3 Å². The topological polar surface area (TPSA) is 9.23 Å². The minimum absolute atomic E-state index is 0.401. The Bertz CT molecular complexity index is 407. The van der Waals surface area contributed by atoms with Crippen molar-refractivity contribution in [2.24, 2.45) is 5.41 Å². The Morgan fingerprint density at radius 3 is 2.61 bits per heavy atom. The van der Waals surface area contributed by atoms with Gasteiger partial charge in [-0.1, -0.05) is 47.4 Å². The van der Waals surface area contributed by atoms with Gasteiger partial charge in [0, 0.05) is 9.50 Å². The van der Waals surface area contributed by atoms with Gasteiger partial charge in [-0.2, -0.15) is 0 Å². The fourth-order valence-electron chi connectivity index (χ4n) is 2.39. The smallest absolute Gasteiger partial charge is 0.0735 e. The molecule has 0 N–H and O–H groups in total. The van der Waals surface area contributed by atoms with Gasteiger partial charge in [0.15, 0.2) is 0 Å². The SMILES string of the molecule is CC1(C)CCC(OCc2ccc(Br)cc2Cl)CC1. The second kappa shape index (κ2) is 5.94. The lowest BCUT2D eigenvalue weighted by atomic mass is 9.76. The lowest BCUT2D eigenvalue weighted by Gasteiger charge is -2.34. The van der Waals surface area contributed by atoms with Crippen LogP contribution in [-0.2, 0) is 11.3 Å². The van der Waals surface area contributed by atoms with Gasteiger partial charge < -0.3 is 4.74 Å². The largest absolute Gasteiger partial charge is 0.373 e. The van der Waals surface area contributed by atoms with Crippen LogP contribution in [0.3, 0.4) is 0 Å². The Kier molecular flexibility index (Phi) is 4.74. The highest BCUT2D eigenvalue weighted by Gasteiger charge is 2.27. The fourth-order valence-corrected chi connectivity index (χ4v) is 3.11. The summed E-state index contributed by atoms with van der Waals surface area (Å²) in [5, 5.41) is 0.778. The summed E-state index contributed by atoms with van der Waals surface area (Å²) >= 11 is 9.59. The number of benzene rings is 1. The Balaban J connectivity index is 1.85. The summed E-state index contributed by atoms with van der Waals surface area (Å²) in [4.78, 5) is 0. The van der Waals surface area contributed by atoms with Crippen LogP contribution in [0.25, 0.3) is 0 Å². The summed E-state index contributed by atoms with van der Waals surface area (Å²) in [5.41, 5.74) is 1.57. The zero-order valence-electron chi connectivity index (χ0n) is 11.0. The molecule has 3 heteroatoms. The van der Waals surface area contributed by atoms with E-state index in [1.807, 2.05) is 18.2 Å². The maximum Gasteiger partial charge on any atom is 0.0735 e. The second-order valence-corrected chi connectivity index (χ2v) is 7.23. The van der Waals surface area contributed by atoms with Crippen LogP contribution in [-0.4, -0.2) is 6.10 Å². The number of halogens is 2. The van der Waals surface area contributed by atoms with Gasteiger partial charge in [-0.05, 0) is 48.8 Å². The van der Waals surface area contributed by atoms with Crippen molar-refractivity contribution in [2.75, 3.05) is 0 Å². The zero-order chi connectivity index (χ0) is 13.2. The van der Waals surface area contributed by atoms with Crippen LogP contribution in [0.5, 0.6) is 0 Å². The molecule has 18 heavy (non-hydrogen) atoms. The Morgan fingerprint density at radius 1 is 1.33 bits per heavy atom. The zero-order valence-corrected chi connectivity index (χ0v) is 13.4. The highest BCUT2D eigenvalue weighted by molar-refractivity contribution is 9.10. The second-order valence-electron chi connectivity index (χ2n) is 5.91. The molecular formula is C15H20BrClO. The van der Waals surface area contributed by atoms with Gasteiger partial charge in [-0.25, -0.2) is 0 Å². The summed E-state index contributed by atoms with van der Waals surface area (Å²) in [5.74, 6) is 0. The maximum absolute atomic E-state index is 6.18. The molecule has 1 saturated carbocycles. The van der Waals surface area contributed by atoms with Gasteiger partial charge in [0.1, 0.15) is 0 Å². The molecule has 1 nitrogen and oxygen atoms in total. The van der Waals surface area contributed by atoms with E-state index in [2.05, 4.69) is 29.8 Å². The van der Waals surface area contributed by atoms with Crippen LogP contribution < -0.4 is 0 Å². The van der Waals surface area contributed by atoms with Crippen molar-refractivity contribution < 1.29 is 4.74 Å². The predicted molar refractivity (Wildman–Crippen MR) is 80.0 cm³/mol. The summed E-state index contributed by atoms with van der Waals surface area (Å²) < 4.78 is 6.99. The molecule has 2 rings (SSSR count). The van der Waals surface area contributed by atoms with E-state index in [9.17, 15) is 0 Å². The first kappa shape index (κ1) is 14.4. The Hall–Kier alpha value is -0.0500. The molecule has 1 aromatic rings. The monoisotopic (exact) mass is 330 g/mol. The maximum atomic E-state index is 6.18. The molecule has 1 aliphatic rings. The molecule has 0 aliphatic heterocycles. The van der Waals surface area contributed by atoms with Crippen molar-refractivity contribution in [3.8, 4) is 0 Å². The average Bonchev–Trinajstić information content (AvgIpc) is 2.29. The first-order chi connectivity index (χ1) is 8.46. The van der Waals surface area contributed by atoms with Crippen molar-refractivity contribution >= 4 is 27.5 Å². The van der Waals surface area contributed by atoms with Gasteiger partial charge in [-0.3, -0.25) is 0 Å². The van der Waals surface area contributed by atoms with Gasteiger partial charge in [-0.15, -0.1) is 0 Å². The summed E-state index contributed by atoms with van der Waals surface area (Å²) in [6, 6.07) is 5.96. The fraction of sp³-hybridized carbons (Fsp3) is 0.600. The van der Waals surface area contributed by atoms with E-state index in [0.717, 1.165) is 15.1 Å². The van der Waals surface area contributed by atoms with Crippen molar-refractivity contribution in [3.63, 3.8) is 0 Å². The molecule has 1 aromatic carbocycles. The highest BCUT2D eigenvalue weighted by atomic mass is 79.9. The third-order valence-electron chi connectivity index (χ3n) is 3.78. The predicted octanol–water partition coefficient (Wildman–Crippen LogP) is 5.59. The minimum Gasteiger partial charge on any atom is -0.373 e. The van der Waals surface area contributed by atoms with Crippen molar-refractivity contribution in [2.45, 2.75) is 52.2 Å². The van der Waals surface area contributed by atoms with Gasteiger partial charge in [0.05, 0.1) is 12.7 Å². The van der Waals surface area contributed by atoms with E-state index in [1.165, 1.54) is 25.7 Å². The standard InChI is InChI=1S/C15H20BrClO/c1-15(2)7-5-13(6-8-15)18-10-11-3-4-12(16)9-14(11)17/h3-4,9,13H,5-8,10H2,1-2H3. The Morgan fingerprint density at radius 2 is 2.00 bits per heavy atom. The molecule has 0 radical (unpaired) electrons. The van der Waals surface area contributed by atoms with Gasteiger partial charge >= 0.3 is 0 Å². The molecule has 0 bridgehead atoms. The molecule has 0 unspecified atom stereocenters. The van der Waals surface area contributed by atoms with Crippen LogP contribution >= 0.6 is 27.5 Å². The molecule has 1 aliphatic carbocycles. The number of hydrogen-bond donors (Lipinski definition) is 0. The van der Waals surface area contributed by atoms with E-state index in [-0.39, 0.29) is 0 Å². The van der Waals surface area contributed by atoms with E-state index in [1.54, 1.807) is 0 Å². The van der Waals surface area contributed by atoms with Crippen LogP contribution in [0.1, 0.15) is 45.1 Å². The highest BCUT2D eigenvalue weighted by Crippen LogP contribution is 2.36.